The number of hydrogen-bond donors (Lipinski definition) is 2. The summed E-state index contributed by atoms with van der Waals surface area (Å²) in [5.41, 5.74) is 0. The van der Waals surface area contributed by atoms with E-state index in [1.54, 1.807) is 25.5 Å². The molecule has 1 aromatic heterocycles. The van der Waals surface area contributed by atoms with Crippen LogP contribution in [0, 0.1) is 5.82 Å². The molecule has 0 bridgehead atoms. The first-order chi connectivity index (χ1) is 12.7. The van der Waals surface area contributed by atoms with Gasteiger partial charge in [0, 0.05) is 33.1 Å². The summed E-state index contributed by atoms with van der Waals surface area (Å²) in [6, 6.07) is 6.07. The Kier molecular flexibility index (Phi) is 11.4. The van der Waals surface area contributed by atoms with Gasteiger partial charge in [-0.15, -0.1) is 34.2 Å². The summed E-state index contributed by atoms with van der Waals surface area (Å²) in [7, 11) is 1.75. The molecule has 0 spiro atoms. The molecule has 0 amide bonds. The van der Waals surface area contributed by atoms with Gasteiger partial charge in [0.15, 0.2) is 5.96 Å². The zero-order valence-electron chi connectivity index (χ0n) is 15.8. The van der Waals surface area contributed by atoms with Gasteiger partial charge in [0.1, 0.15) is 23.7 Å². The van der Waals surface area contributed by atoms with E-state index >= 15 is 0 Å². The maximum atomic E-state index is 12.8. The summed E-state index contributed by atoms with van der Waals surface area (Å²) in [4.78, 5) is 4.21. The Morgan fingerprint density at radius 1 is 1.19 bits per heavy atom. The molecular weight excluding hydrogens is 462 g/mol. The van der Waals surface area contributed by atoms with E-state index in [4.69, 9.17) is 4.74 Å². The number of aliphatic imine (C=N–C) groups is 1. The van der Waals surface area contributed by atoms with Crippen molar-refractivity contribution in [1.29, 1.82) is 0 Å². The van der Waals surface area contributed by atoms with Crippen LogP contribution in [-0.2, 0) is 13.0 Å². The maximum absolute atomic E-state index is 12.8. The van der Waals surface area contributed by atoms with Crippen LogP contribution in [-0.4, -0.2) is 47.5 Å². The summed E-state index contributed by atoms with van der Waals surface area (Å²) in [5, 5.41) is 14.5. The van der Waals surface area contributed by atoms with E-state index in [-0.39, 0.29) is 29.8 Å². The molecule has 7 nitrogen and oxygen atoms in total. The SMILES string of the molecule is CCc1nncn1CCNC(=NC)NCCCCOc1ccc(F)cc1.I. The summed E-state index contributed by atoms with van der Waals surface area (Å²) in [5.74, 6) is 2.19. The largest absolute Gasteiger partial charge is 0.494 e. The molecule has 2 aromatic rings. The van der Waals surface area contributed by atoms with Gasteiger partial charge in [-0.3, -0.25) is 4.99 Å². The molecule has 0 saturated heterocycles. The van der Waals surface area contributed by atoms with Crippen LogP contribution >= 0.6 is 24.0 Å². The minimum Gasteiger partial charge on any atom is -0.494 e. The highest BCUT2D eigenvalue weighted by molar-refractivity contribution is 14.0. The third-order valence-corrected chi connectivity index (χ3v) is 3.83. The predicted molar refractivity (Wildman–Crippen MR) is 115 cm³/mol. The Morgan fingerprint density at radius 3 is 2.63 bits per heavy atom. The first kappa shape index (κ1) is 23.1. The van der Waals surface area contributed by atoms with E-state index in [0.717, 1.165) is 50.7 Å². The summed E-state index contributed by atoms with van der Waals surface area (Å²) in [6.45, 7) is 5.01. The fourth-order valence-corrected chi connectivity index (χ4v) is 2.41. The number of aromatic nitrogens is 3. The van der Waals surface area contributed by atoms with Gasteiger partial charge < -0.3 is 19.9 Å². The van der Waals surface area contributed by atoms with Crippen LogP contribution in [0.25, 0.3) is 0 Å². The van der Waals surface area contributed by atoms with Gasteiger partial charge in [-0.05, 0) is 37.1 Å². The predicted octanol–water partition coefficient (Wildman–Crippen LogP) is 2.62. The Hall–Kier alpha value is -1.91. The molecule has 0 radical (unpaired) electrons. The number of nitrogens with zero attached hydrogens (tertiary/aromatic N) is 4. The minimum atomic E-state index is -0.254. The van der Waals surface area contributed by atoms with Crippen molar-refractivity contribution in [2.75, 3.05) is 26.7 Å². The van der Waals surface area contributed by atoms with Crippen LogP contribution in [0.2, 0.25) is 0 Å². The van der Waals surface area contributed by atoms with Crippen LogP contribution in [0.3, 0.4) is 0 Å². The number of nitrogens with one attached hydrogen (secondary N) is 2. The average Bonchev–Trinajstić information content (AvgIpc) is 3.12. The average molecular weight is 490 g/mol. The summed E-state index contributed by atoms with van der Waals surface area (Å²) in [6.07, 6.45) is 4.47. The van der Waals surface area contributed by atoms with Crippen molar-refractivity contribution >= 4 is 29.9 Å². The van der Waals surface area contributed by atoms with Gasteiger partial charge in [0.25, 0.3) is 0 Å². The van der Waals surface area contributed by atoms with E-state index in [1.165, 1.54) is 12.1 Å². The van der Waals surface area contributed by atoms with Crippen molar-refractivity contribution in [1.82, 2.24) is 25.4 Å². The van der Waals surface area contributed by atoms with Crippen LogP contribution < -0.4 is 15.4 Å². The van der Waals surface area contributed by atoms with Gasteiger partial charge in [-0.2, -0.15) is 0 Å². The third kappa shape index (κ3) is 8.55. The molecule has 1 heterocycles. The molecule has 0 atom stereocenters. The zero-order chi connectivity index (χ0) is 18.6. The molecule has 0 aliphatic heterocycles. The molecule has 0 unspecified atom stereocenters. The first-order valence-electron chi connectivity index (χ1n) is 8.92. The molecular formula is C18H28FIN6O. The Morgan fingerprint density at radius 2 is 1.93 bits per heavy atom. The second-order valence-electron chi connectivity index (χ2n) is 5.73. The van der Waals surface area contributed by atoms with E-state index < -0.39 is 0 Å². The van der Waals surface area contributed by atoms with Crippen molar-refractivity contribution in [2.45, 2.75) is 32.7 Å². The van der Waals surface area contributed by atoms with Crippen molar-refractivity contribution in [3.63, 3.8) is 0 Å². The number of unbranched alkanes of at least 4 members (excludes halogenated alkanes) is 1. The van der Waals surface area contributed by atoms with Crippen molar-refractivity contribution in [3.05, 3.63) is 42.2 Å². The van der Waals surface area contributed by atoms with Crippen LogP contribution in [0.5, 0.6) is 5.75 Å². The molecule has 0 aliphatic carbocycles. The molecule has 150 valence electrons. The lowest BCUT2D eigenvalue weighted by Crippen LogP contribution is -2.39. The van der Waals surface area contributed by atoms with Crippen molar-refractivity contribution in [3.8, 4) is 5.75 Å². The van der Waals surface area contributed by atoms with Crippen molar-refractivity contribution < 1.29 is 9.13 Å². The number of benzene rings is 1. The molecule has 9 heteroatoms. The molecule has 0 fully saturated rings. The molecule has 2 N–H and O–H groups in total. The molecule has 2 rings (SSSR count). The Labute approximate surface area is 176 Å². The van der Waals surface area contributed by atoms with Gasteiger partial charge in [0.2, 0.25) is 0 Å². The Balaban J connectivity index is 0.00000364. The zero-order valence-corrected chi connectivity index (χ0v) is 18.2. The Bertz CT molecular complexity index is 677. The normalized spacial score (nSPS) is 11.0. The quantitative estimate of drug-likeness (QED) is 0.232. The first-order valence-corrected chi connectivity index (χ1v) is 8.92. The van der Waals surface area contributed by atoms with E-state index in [0.29, 0.717) is 12.4 Å². The monoisotopic (exact) mass is 490 g/mol. The summed E-state index contributed by atoms with van der Waals surface area (Å²) >= 11 is 0. The van der Waals surface area contributed by atoms with E-state index in [1.807, 2.05) is 4.57 Å². The lowest BCUT2D eigenvalue weighted by molar-refractivity contribution is 0.306. The highest BCUT2D eigenvalue weighted by atomic mass is 127. The fraction of sp³-hybridized carbons (Fsp3) is 0.500. The highest BCUT2D eigenvalue weighted by Gasteiger charge is 2.02. The molecule has 1 aromatic carbocycles. The van der Waals surface area contributed by atoms with Crippen LogP contribution in [0.4, 0.5) is 4.39 Å². The third-order valence-electron chi connectivity index (χ3n) is 3.83. The maximum Gasteiger partial charge on any atom is 0.191 e. The smallest absolute Gasteiger partial charge is 0.191 e. The molecule has 0 aliphatic rings. The number of aryl methyl sites for hydroxylation is 1. The second kappa shape index (κ2) is 13.3. The molecule has 27 heavy (non-hydrogen) atoms. The second-order valence-corrected chi connectivity index (χ2v) is 5.73. The minimum absolute atomic E-state index is 0. The lowest BCUT2D eigenvalue weighted by atomic mass is 10.3. The van der Waals surface area contributed by atoms with Gasteiger partial charge in [0.05, 0.1) is 6.61 Å². The standard InChI is InChI=1S/C18H27FN6O.HI/c1-3-17-24-23-14-25(17)12-11-22-18(20-2)21-10-4-5-13-26-16-8-6-15(19)7-9-16;/h6-9,14H,3-5,10-13H2,1-2H3,(H2,20,21,22);1H. The van der Waals surface area contributed by atoms with Gasteiger partial charge in [-0.1, -0.05) is 6.92 Å². The van der Waals surface area contributed by atoms with E-state index in [9.17, 15) is 4.39 Å². The van der Waals surface area contributed by atoms with Gasteiger partial charge in [-0.25, -0.2) is 4.39 Å². The highest BCUT2D eigenvalue weighted by Crippen LogP contribution is 2.11. The van der Waals surface area contributed by atoms with Crippen LogP contribution in [0.1, 0.15) is 25.6 Å². The topological polar surface area (TPSA) is 76.4 Å². The van der Waals surface area contributed by atoms with E-state index in [2.05, 4.69) is 32.7 Å². The van der Waals surface area contributed by atoms with Gasteiger partial charge >= 0.3 is 0 Å². The lowest BCUT2D eigenvalue weighted by Gasteiger charge is -2.12. The number of halogens is 2. The van der Waals surface area contributed by atoms with Crippen LogP contribution in [0.15, 0.2) is 35.6 Å². The number of ether oxygens (including phenoxy) is 1. The number of guanidine groups is 1. The fourth-order valence-electron chi connectivity index (χ4n) is 2.41. The number of hydrogen-bond acceptors (Lipinski definition) is 4. The molecule has 0 saturated carbocycles. The summed E-state index contributed by atoms with van der Waals surface area (Å²) < 4.78 is 20.4. The van der Waals surface area contributed by atoms with Crippen molar-refractivity contribution in [2.24, 2.45) is 4.99 Å². The number of rotatable bonds is 10.